The summed E-state index contributed by atoms with van der Waals surface area (Å²) in [4.78, 5) is 0. The molecule has 0 aliphatic heterocycles. The van der Waals surface area contributed by atoms with E-state index in [-0.39, 0.29) is 0 Å². The lowest BCUT2D eigenvalue weighted by Crippen LogP contribution is -2.17. The quantitative estimate of drug-likeness (QED) is 0.908. The second-order valence-electron chi connectivity index (χ2n) is 6.01. The minimum Gasteiger partial charge on any atom is -0.496 e. The number of ether oxygens (including phenoxy) is 3. The van der Waals surface area contributed by atoms with Gasteiger partial charge in [0, 0.05) is 12.1 Å². The molecular weight excluding hydrogens is 292 g/mol. The van der Waals surface area contributed by atoms with Crippen LogP contribution in [-0.2, 0) is 5.60 Å². The van der Waals surface area contributed by atoms with Crippen molar-refractivity contribution in [1.29, 1.82) is 0 Å². The van der Waals surface area contributed by atoms with Crippen molar-refractivity contribution in [3.8, 4) is 28.4 Å². The molecule has 0 heterocycles. The molecule has 0 atom stereocenters. The van der Waals surface area contributed by atoms with Crippen molar-refractivity contribution in [3.63, 3.8) is 0 Å². The van der Waals surface area contributed by atoms with Gasteiger partial charge in [0.1, 0.15) is 17.2 Å². The fourth-order valence-electron chi connectivity index (χ4n) is 2.67. The van der Waals surface area contributed by atoms with Gasteiger partial charge in [0.2, 0.25) is 0 Å². The summed E-state index contributed by atoms with van der Waals surface area (Å²) in [6, 6.07) is 9.58. The molecule has 2 rings (SSSR count). The Morgan fingerprint density at radius 2 is 1.43 bits per heavy atom. The SMILES string of the molecule is COc1cc(OC)c(-c2cc(C)ccc2C(C)(C)O)c(OC)c1. The highest BCUT2D eigenvalue weighted by molar-refractivity contribution is 5.81. The fraction of sp³-hybridized carbons (Fsp3) is 0.368. The Morgan fingerprint density at radius 1 is 0.870 bits per heavy atom. The lowest BCUT2D eigenvalue weighted by Gasteiger charge is -2.24. The normalized spacial score (nSPS) is 11.3. The monoisotopic (exact) mass is 316 g/mol. The van der Waals surface area contributed by atoms with E-state index < -0.39 is 5.60 Å². The van der Waals surface area contributed by atoms with Crippen LogP contribution >= 0.6 is 0 Å². The highest BCUT2D eigenvalue weighted by atomic mass is 16.5. The van der Waals surface area contributed by atoms with Crippen molar-refractivity contribution in [2.45, 2.75) is 26.4 Å². The molecule has 0 fully saturated rings. The van der Waals surface area contributed by atoms with E-state index in [0.29, 0.717) is 17.2 Å². The fourth-order valence-corrected chi connectivity index (χ4v) is 2.67. The predicted octanol–water partition coefficient (Wildman–Crippen LogP) is 3.92. The molecular formula is C19H24O4. The molecule has 23 heavy (non-hydrogen) atoms. The first-order valence-corrected chi connectivity index (χ1v) is 7.45. The summed E-state index contributed by atoms with van der Waals surface area (Å²) in [6.07, 6.45) is 0. The van der Waals surface area contributed by atoms with Crippen LogP contribution in [0, 0.1) is 6.92 Å². The standard InChI is InChI=1S/C19H24O4/c1-12-7-8-15(19(2,3)20)14(9-12)18-16(22-5)10-13(21-4)11-17(18)23-6/h7-11,20H,1-6H3. The largest absolute Gasteiger partial charge is 0.496 e. The molecule has 0 spiro atoms. The van der Waals surface area contributed by atoms with Gasteiger partial charge in [-0.15, -0.1) is 0 Å². The average Bonchev–Trinajstić information content (AvgIpc) is 2.52. The van der Waals surface area contributed by atoms with Crippen molar-refractivity contribution in [2.75, 3.05) is 21.3 Å². The molecule has 124 valence electrons. The van der Waals surface area contributed by atoms with E-state index in [2.05, 4.69) is 0 Å². The van der Waals surface area contributed by atoms with Gasteiger partial charge in [0.25, 0.3) is 0 Å². The van der Waals surface area contributed by atoms with Gasteiger partial charge in [0.15, 0.2) is 0 Å². The number of benzene rings is 2. The van der Waals surface area contributed by atoms with Crippen LogP contribution in [0.15, 0.2) is 30.3 Å². The first kappa shape index (κ1) is 17.2. The highest BCUT2D eigenvalue weighted by Crippen LogP contribution is 2.45. The summed E-state index contributed by atoms with van der Waals surface area (Å²) in [7, 11) is 4.82. The Hall–Kier alpha value is -2.20. The van der Waals surface area contributed by atoms with Crippen molar-refractivity contribution in [3.05, 3.63) is 41.5 Å². The van der Waals surface area contributed by atoms with Crippen molar-refractivity contribution < 1.29 is 19.3 Å². The maximum Gasteiger partial charge on any atom is 0.134 e. The number of methoxy groups -OCH3 is 3. The van der Waals surface area contributed by atoms with Crippen LogP contribution in [-0.4, -0.2) is 26.4 Å². The molecule has 2 aromatic rings. The first-order valence-electron chi connectivity index (χ1n) is 7.45. The Morgan fingerprint density at radius 3 is 1.87 bits per heavy atom. The molecule has 0 saturated heterocycles. The van der Waals surface area contributed by atoms with Crippen LogP contribution in [0.5, 0.6) is 17.2 Å². The molecule has 0 unspecified atom stereocenters. The Kier molecular flexibility index (Phi) is 4.85. The zero-order valence-electron chi connectivity index (χ0n) is 14.6. The Labute approximate surface area is 137 Å². The molecule has 0 aliphatic carbocycles. The summed E-state index contributed by atoms with van der Waals surface area (Å²) >= 11 is 0. The van der Waals surface area contributed by atoms with Crippen molar-refractivity contribution in [2.24, 2.45) is 0 Å². The van der Waals surface area contributed by atoms with Crippen molar-refractivity contribution >= 4 is 0 Å². The van der Waals surface area contributed by atoms with E-state index in [4.69, 9.17) is 14.2 Å². The minimum absolute atomic E-state index is 0.636. The Bertz CT molecular complexity index is 674. The molecule has 0 radical (unpaired) electrons. The summed E-state index contributed by atoms with van der Waals surface area (Å²) in [6.45, 7) is 5.55. The second kappa shape index (κ2) is 6.50. The third kappa shape index (κ3) is 3.42. The summed E-state index contributed by atoms with van der Waals surface area (Å²) in [5.74, 6) is 1.93. The maximum absolute atomic E-state index is 10.5. The number of hydrogen-bond donors (Lipinski definition) is 1. The van der Waals surface area contributed by atoms with E-state index in [1.807, 2.05) is 37.3 Å². The Balaban J connectivity index is 2.83. The molecule has 0 amide bonds. The molecule has 4 heteroatoms. The zero-order valence-corrected chi connectivity index (χ0v) is 14.6. The molecule has 2 aromatic carbocycles. The molecule has 0 bridgehead atoms. The number of hydrogen-bond acceptors (Lipinski definition) is 4. The average molecular weight is 316 g/mol. The lowest BCUT2D eigenvalue weighted by molar-refractivity contribution is 0.0792. The number of rotatable bonds is 5. The number of aliphatic hydroxyl groups is 1. The summed E-state index contributed by atoms with van der Waals surface area (Å²) < 4.78 is 16.4. The van der Waals surface area contributed by atoms with E-state index in [1.165, 1.54) is 0 Å². The summed E-state index contributed by atoms with van der Waals surface area (Å²) in [5.41, 5.74) is 2.60. The minimum atomic E-state index is -0.987. The molecule has 1 N–H and O–H groups in total. The second-order valence-corrected chi connectivity index (χ2v) is 6.01. The molecule has 4 nitrogen and oxygen atoms in total. The van der Waals surface area contributed by atoms with Gasteiger partial charge < -0.3 is 19.3 Å². The van der Waals surface area contributed by atoms with Crippen LogP contribution in [0.1, 0.15) is 25.0 Å². The third-order valence-electron chi connectivity index (χ3n) is 3.82. The van der Waals surface area contributed by atoms with Gasteiger partial charge >= 0.3 is 0 Å². The van der Waals surface area contributed by atoms with Crippen LogP contribution in [0.3, 0.4) is 0 Å². The van der Waals surface area contributed by atoms with Crippen molar-refractivity contribution in [1.82, 2.24) is 0 Å². The topological polar surface area (TPSA) is 47.9 Å². The summed E-state index contributed by atoms with van der Waals surface area (Å²) in [5, 5.41) is 10.5. The van der Waals surface area contributed by atoms with Gasteiger partial charge in [-0.1, -0.05) is 23.8 Å². The van der Waals surface area contributed by atoms with Crippen LogP contribution in [0.25, 0.3) is 11.1 Å². The van der Waals surface area contributed by atoms with Gasteiger partial charge in [-0.2, -0.15) is 0 Å². The van der Waals surface area contributed by atoms with Crippen LogP contribution in [0.2, 0.25) is 0 Å². The van der Waals surface area contributed by atoms with Gasteiger partial charge in [-0.05, 0) is 31.9 Å². The third-order valence-corrected chi connectivity index (χ3v) is 3.82. The van der Waals surface area contributed by atoms with Crippen LogP contribution in [0.4, 0.5) is 0 Å². The van der Waals surface area contributed by atoms with E-state index in [9.17, 15) is 5.11 Å². The van der Waals surface area contributed by atoms with Crippen LogP contribution < -0.4 is 14.2 Å². The molecule has 0 aromatic heterocycles. The van der Waals surface area contributed by atoms with Gasteiger partial charge in [-0.25, -0.2) is 0 Å². The first-order chi connectivity index (χ1) is 10.8. The lowest BCUT2D eigenvalue weighted by atomic mass is 9.87. The highest BCUT2D eigenvalue weighted by Gasteiger charge is 2.25. The van der Waals surface area contributed by atoms with E-state index in [1.54, 1.807) is 35.2 Å². The number of aryl methyl sites for hydroxylation is 1. The predicted molar refractivity (Wildman–Crippen MR) is 91.5 cm³/mol. The smallest absolute Gasteiger partial charge is 0.134 e. The van der Waals surface area contributed by atoms with Gasteiger partial charge in [-0.3, -0.25) is 0 Å². The van der Waals surface area contributed by atoms with Gasteiger partial charge in [0.05, 0.1) is 32.5 Å². The van der Waals surface area contributed by atoms with E-state index >= 15 is 0 Å². The molecule has 0 saturated carbocycles. The molecule has 0 aliphatic rings. The zero-order chi connectivity index (χ0) is 17.2. The van der Waals surface area contributed by atoms with E-state index in [0.717, 1.165) is 22.3 Å². The maximum atomic E-state index is 10.5.